The maximum atomic E-state index is 13.4. The number of nitrogens with zero attached hydrogens (tertiary/aromatic N) is 3. The van der Waals surface area contributed by atoms with Gasteiger partial charge in [0.2, 0.25) is 0 Å². The first-order chi connectivity index (χ1) is 14.9. The van der Waals surface area contributed by atoms with Gasteiger partial charge in [0.15, 0.2) is 11.5 Å². The zero-order valence-corrected chi connectivity index (χ0v) is 17.9. The van der Waals surface area contributed by atoms with Gasteiger partial charge >= 0.3 is 0 Å². The molecule has 5 nitrogen and oxygen atoms in total. The van der Waals surface area contributed by atoms with Crippen molar-refractivity contribution in [1.29, 1.82) is 0 Å². The fourth-order valence-corrected chi connectivity index (χ4v) is 3.32. The molecule has 2 aromatic carbocycles. The van der Waals surface area contributed by atoms with E-state index < -0.39 is 0 Å². The van der Waals surface area contributed by atoms with Crippen LogP contribution in [-0.4, -0.2) is 16.0 Å². The van der Waals surface area contributed by atoms with E-state index in [1.807, 2.05) is 48.5 Å². The quantitative estimate of drug-likeness (QED) is 0.411. The Morgan fingerprint density at radius 3 is 2.29 bits per heavy atom. The minimum absolute atomic E-state index is 0.0730. The molecule has 0 aliphatic heterocycles. The lowest BCUT2D eigenvalue weighted by Gasteiger charge is -2.22. The number of anilines is 1. The van der Waals surface area contributed by atoms with Crippen LogP contribution in [-0.2, 0) is 12.0 Å². The Morgan fingerprint density at radius 1 is 0.935 bits per heavy atom. The average molecular weight is 412 g/mol. The molecule has 0 bridgehead atoms. The highest BCUT2D eigenvalue weighted by Crippen LogP contribution is 2.25. The predicted molar refractivity (Wildman–Crippen MR) is 122 cm³/mol. The molecule has 0 atom stereocenters. The first-order valence-electron chi connectivity index (χ1n) is 10.3. The van der Waals surface area contributed by atoms with Gasteiger partial charge in [-0.25, -0.2) is 4.98 Å². The molecule has 0 N–H and O–H groups in total. The van der Waals surface area contributed by atoms with Gasteiger partial charge in [0.25, 0.3) is 5.91 Å². The first kappa shape index (κ1) is 20.5. The van der Waals surface area contributed by atoms with Crippen molar-refractivity contribution in [2.75, 3.05) is 4.90 Å². The van der Waals surface area contributed by atoms with Crippen molar-refractivity contribution in [3.63, 3.8) is 0 Å². The molecule has 4 aromatic rings. The zero-order chi connectivity index (χ0) is 21.8. The van der Waals surface area contributed by atoms with E-state index in [4.69, 9.17) is 4.52 Å². The van der Waals surface area contributed by atoms with Crippen LogP contribution in [0.15, 0.2) is 89.6 Å². The maximum Gasteiger partial charge on any atom is 0.281 e. The van der Waals surface area contributed by atoms with Crippen LogP contribution in [0, 0.1) is 0 Å². The predicted octanol–water partition coefficient (Wildman–Crippen LogP) is 5.88. The van der Waals surface area contributed by atoms with Crippen molar-refractivity contribution in [3.8, 4) is 11.3 Å². The second-order valence-electron chi connectivity index (χ2n) is 8.47. The van der Waals surface area contributed by atoms with Crippen LogP contribution >= 0.6 is 0 Å². The van der Waals surface area contributed by atoms with Gasteiger partial charge in [-0.15, -0.1) is 0 Å². The molecule has 31 heavy (non-hydrogen) atoms. The summed E-state index contributed by atoms with van der Waals surface area (Å²) >= 11 is 0. The van der Waals surface area contributed by atoms with Crippen molar-refractivity contribution in [2.24, 2.45) is 0 Å². The van der Waals surface area contributed by atoms with E-state index in [0.717, 1.165) is 11.1 Å². The number of carbonyl (C=O) groups is 1. The number of hydrogen-bond acceptors (Lipinski definition) is 4. The summed E-state index contributed by atoms with van der Waals surface area (Å²) in [5.41, 5.74) is 3.45. The van der Waals surface area contributed by atoms with E-state index >= 15 is 0 Å². The fraction of sp³-hybridized carbons (Fsp3) is 0.192. The largest absolute Gasteiger partial charge is 0.355 e. The van der Waals surface area contributed by atoms with Gasteiger partial charge in [-0.2, -0.15) is 0 Å². The number of hydrogen-bond donors (Lipinski definition) is 0. The minimum Gasteiger partial charge on any atom is -0.355 e. The highest BCUT2D eigenvalue weighted by atomic mass is 16.5. The number of rotatable bonds is 5. The molecule has 2 heterocycles. The number of pyridine rings is 1. The van der Waals surface area contributed by atoms with E-state index in [9.17, 15) is 4.79 Å². The summed E-state index contributed by atoms with van der Waals surface area (Å²) in [6.07, 6.45) is 1.68. The summed E-state index contributed by atoms with van der Waals surface area (Å²) in [5, 5.41) is 4.03. The van der Waals surface area contributed by atoms with E-state index in [2.05, 4.69) is 55.2 Å². The lowest BCUT2D eigenvalue weighted by atomic mass is 9.87. The highest BCUT2D eigenvalue weighted by Gasteiger charge is 2.23. The summed E-state index contributed by atoms with van der Waals surface area (Å²) in [5.74, 6) is 0.862. The summed E-state index contributed by atoms with van der Waals surface area (Å²) in [7, 11) is 0. The molecule has 0 aliphatic carbocycles. The van der Waals surface area contributed by atoms with Gasteiger partial charge < -0.3 is 4.52 Å². The standard InChI is InChI=1S/C26H25N3O2/c1-26(2,3)21-14-12-19(13-15-21)18-29(24-11-7-8-16-27-24)25(30)22-17-23(31-28-22)20-9-5-4-6-10-20/h4-17H,18H2,1-3H3. The van der Waals surface area contributed by atoms with Crippen LogP contribution in [0.2, 0.25) is 0 Å². The highest BCUT2D eigenvalue weighted by molar-refractivity contribution is 6.04. The number of aromatic nitrogens is 2. The molecule has 156 valence electrons. The number of benzene rings is 2. The van der Waals surface area contributed by atoms with Gasteiger partial charge in [-0.1, -0.05) is 86.6 Å². The molecule has 0 radical (unpaired) electrons. The Kier molecular flexibility index (Phi) is 5.67. The molecule has 5 heteroatoms. The Balaban J connectivity index is 1.63. The van der Waals surface area contributed by atoms with Crippen molar-refractivity contribution in [2.45, 2.75) is 32.7 Å². The fourth-order valence-electron chi connectivity index (χ4n) is 3.32. The first-order valence-corrected chi connectivity index (χ1v) is 10.3. The summed E-state index contributed by atoms with van der Waals surface area (Å²) in [6.45, 7) is 6.93. The van der Waals surface area contributed by atoms with Gasteiger partial charge in [0.1, 0.15) is 5.82 Å². The molecule has 2 aromatic heterocycles. The van der Waals surface area contributed by atoms with E-state index in [1.165, 1.54) is 5.56 Å². The lowest BCUT2D eigenvalue weighted by molar-refractivity contribution is 0.0975. The third-order valence-corrected chi connectivity index (χ3v) is 5.12. The number of amides is 1. The Labute approximate surface area is 182 Å². The third kappa shape index (κ3) is 4.72. The van der Waals surface area contributed by atoms with Crippen LogP contribution < -0.4 is 4.90 Å². The molecular formula is C26H25N3O2. The molecule has 0 fully saturated rings. The summed E-state index contributed by atoms with van der Waals surface area (Å²) in [4.78, 5) is 19.4. The lowest BCUT2D eigenvalue weighted by Crippen LogP contribution is -2.31. The van der Waals surface area contributed by atoms with Crippen molar-refractivity contribution in [3.05, 3.63) is 102 Å². The van der Waals surface area contributed by atoms with Crippen LogP contribution in [0.5, 0.6) is 0 Å². The molecule has 4 rings (SSSR count). The number of carbonyl (C=O) groups excluding carboxylic acids is 1. The van der Waals surface area contributed by atoms with Gasteiger partial charge in [0, 0.05) is 17.8 Å². The second-order valence-corrected chi connectivity index (χ2v) is 8.47. The van der Waals surface area contributed by atoms with Crippen LogP contribution in [0.4, 0.5) is 5.82 Å². The second kappa shape index (κ2) is 8.56. The van der Waals surface area contributed by atoms with Gasteiger partial charge in [0.05, 0.1) is 6.54 Å². The van der Waals surface area contributed by atoms with Crippen LogP contribution in [0.1, 0.15) is 42.4 Å². The van der Waals surface area contributed by atoms with E-state index in [-0.39, 0.29) is 17.0 Å². The molecule has 0 saturated carbocycles. The normalized spacial score (nSPS) is 11.3. The minimum atomic E-state index is -0.260. The maximum absolute atomic E-state index is 13.4. The molecular weight excluding hydrogens is 386 g/mol. The molecule has 0 spiro atoms. The van der Waals surface area contributed by atoms with Crippen molar-refractivity contribution in [1.82, 2.24) is 10.1 Å². The van der Waals surface area contributed by atoms with Crippen molar-refractivity contribution < 1.29 is 9.32 Å². The Morgan fingerprint density at radius 2 is 1.65 bits per heavy atom. The average Bonchev–Trinajstić information content (AvgIpc) is 3.28. The Bertz CT molecular complexity index is 1140. The molecule has 0 unspecified atom stereocenters. The monoisotopic (exact) mass is 411 g/mol. The van der Waals surface area contributed by atoms with Gasteiger partial charge in [-0.3, -0.25) is 9.69 Å². The zero-order valence-electron chi connectivity index (χ0n) is 17.9. The smallest absolute Gasteiger partial charge is 0.281 e. The summed E-state index contributed by atoms with van der Waals surface area (Å²) in [6, 6.07) is 25.1. The van der Waals surface area contributed by atoms with Crippen LogP contribution in [0.3, 0.4) is 0 Å². The Hall–Kier alpha value is -3.73. The van der Waals surface area contributed by atoms with Gasteiger partial charge in [-0.05, 0) is 28.7 Å². The van der Waals surface area contributed by atoms with Crippen molar-refractivity contribution >= 4 is 11.7 Å². The molecule has 1 amide bonds. The summed E-state index contributed by atoms with van der Waals surface area (Å²) < 4.78 is 5.44. The molecule has 0 aliphatic rings. The van der Waals surface area contributed by atoms with Crippen LogP contribution in [0.25, 0.3) is 11.3 Å². The topological polar surface area (TPSA) is 59.2 Å². The van der Waals surface area contributed by atoms with E-state index in [1.54, 1.807) is 17.2 Å². The third-order valence-electron chi connectivity index (χ3n) is 5.12. The van der Waals surface area contributed by atoms with E-state index in [0.29, 0.717) is 18.1 Å². The molecule has 0 saturated heterocycles. The SMILES string of the molecule is CC(C)(C)c1ccc(CN(C(=O)c2cc(-c3ccccc3)on2)c2ccccn2)cc1.